The lowest BCUT2D eigenvalue weighted by molar-refractivity contribution is 1.11. The topological polar surface area (TPSA) is 90.3 Å². The van der Waals surface area contributed by atoms with Gasteiger partial charge < -0.3 is 5.32 Å². The fourth-order valence-electron chi connectivity index (χ4n) is 3.21. The quantitative estimate of drug-likeness (QED) is 0.517. The monoisotopic (exact) mass is 388 g/mol. The van der Waals surface area contributed by atoms with E-state index in [1.165, 1.54) is 18.4 Å². The molecule has 28 heavy (non-hydrogen) atoms. The summed E-state index contributed by atoms with van der Waals surface area (Å²) in [6.45, 7) is 0. The van der Waals surface area contributed by atoms with E-state index in [1.807, 2.05) is 12.3 Å². The predicted molar refractivity (Wildman–Crippen MR) is 111 cm³/mol. The first-order chi connectivity index (χ1) is 13.3. The molecule has 3 aromatic heterocycles. The van der Waals surface area contributed by atoms with E-state index < -0.39 is 0 Å². The summed E-state index contributed by atoms with van der Waals surface area (Å²) in [6, 6.07) is 16.0. The molecule has 0 radical (unpaired) electrons. The van der Waals surface area contributed by atoms with Crippen molar-refractivity contribution in [1.82, 2.24) is 20.2 Å². The van der Waals surface area contributed by atoms with Crippen LogP contribution in [0, 0.1) is 11.3 Å². The third-order valence-electron chi connectivity index (χ3n) is 4.78. The number of aromatic amines is 1. The highest BCUT2D eigenvalue weighted by atomic mass is 35.5. The van der Waals surface area contributed by atoms with E-state index in [0.29, 0.717) is 17.3 Å². The maximum Gasteiger partial charge on any atom is 0.132 e. The summed E-state index contributed by atoms with van der Waals surface area (Å²) in [6.07, 6.45) is 5.86. The van der Waals surface area contributed by atoms with Gasteiger partial charge in [0.2, 0.25) is 0 Å². The van der Waals surface area contributed by atoms with Gasteiger partial charge in [0.05, 0.1) is 29.0 Å². The van der Waals surface area contributed by atoms with Gasteiger partial charge in [0.15, 0.2) is 0 Å². The predicted octanol–water partition coefficient (Wildman–Crippen LogP) is 4.93. The highest BCUT2D eigenvalue weighted by molar-refractivity contribution is 5.85. The molecule has 0 unspecified atom stereocenters. The van der Waals surface area contributed by atoms with Gasteiger partial charge in [0.1, 0.15) is 11.6 Å². The van der Waals surface area contributed by atoms with Crippen molar-refractivity contribution in [3.05, 3.63) is 66.0 Å². The number of hydrogen-bond acceptors (Lipinski definition) is 5. The minimum absolute atomic E-state index is 0. The lowest BCUT2D eigenvalue weighted by atomic mass is 10.1. The molecule has 5 rings (SSSR count). The molecule has 2 N–H and O–H groups in total. The number of aromatic nitrogens is 4. The zero-order valence-corrected chi connectivity index (χ0v) is 15.7. The Morgan fingerprint density at radius 1 is 1.07 bits per heavy atom. The average molecular weight is 389 g/mol. The largest absolute Gasteiger partial charge is 0.325 e. The van der Waals surface area contributed by atoms with Crippen molar-refractivity contribution in [2.75, 3.05) is 5.32 Å². The Kier molecular flexibility index (Phi) is 4.68. The summed E-state index contributed by atoms with van der Waals surface area (Å²) in [5.41, 5.74) is 4.79. The Morgan fingerprint density at radius 3 is 2.79 bits per heavy atom. The molecule has 1 aliphatic rings. The first kappa shape index (κ1) is 18.0. The van der Waals surface area contributed by atoms with Crippen LogP contribution in [0.25, 0.3) is 22.2 Å². The first-order valence-electron chi connectivity index (χ1n) is 8.87. The van der Waals surface area contributed by atoms with E-state index in [0.717, 1.165) is 28.0 Å². The van der Waals surface area contributed by atoms with Gasteiger partial charge >= 0.3 is 0 Å². The summed E-state index contributed by atoms with van der Waals surface area (Å²) >= 11 is 0. The van der Waals surface area contributed by atoms with Gasteiger partial charge in [-0.1, -0.05) is 12.1 Å². The number of halogens is 1. The molecule has 0 spiro atoms. The molecule has 1 aliphatic carbocycles. The number of nitrogens with one attached hydrogen (secondary N) is 2. The molecule has 0 amide bonds. The number of pyridine rings is 2. The highest BCUT2D eigenvalue weighted by Crippen LogP contribution is 2.42. The van der Waals surface area contributed by atoms with Gasteiger partial charge in [-0.15, -0.1) is 12.4 Å². The molecule has 0 bridgehead atoms. The second-order valence-corrected chi connectivity index (χ2v) is 6.78. The van der Waals surface area contributed by atoms with Crippen LogP contribution in [0.1, 0.15) is 29.9 Å². The molecular formula is C21H17ClN6. The molecular weight excluding hydrogens is 372 g/mol. The number of hydrogen-bond donors (Lipinski definition) is 2. The van der Waals surface area contributed by atoms with Crippen LogP contribution in [0.2, 0.25) is 0 Å². The van der Waals surface area contributed by atoms with Crippen LogP contribution in [0.5, 0.6) is 0 Å². The Labute approximate surface area is 168 Å². The van der Waals surface area contributed by atoms with Crippen molar-refractivity contribution in [3.63, 3.8) is 0 Å². The zero-order valence-electron chi connectivity index (χ0n) is 14.9. The van der Waals surface area contributed by atoms with Crippen molar-refractivity contribution in [3.8, 4) is 17.3 Å². The van der Waals surface area contributed by atoms with Crippen LogP contribution >= 0.6 is 12.4 Å². The zero-order chi connectivity index (χ0) is 18.2. The highest BCUT2D eigenvalue weighted by Gasteiger charge is 2.25. The molecule has 0 saturated heterocycles. The number of anilines is 2. The van der Waals surface area contributed by atoms with Crippen molar-refractivity contribution in [2.24, 2.45) is 0 Å². The van der Waals surface area contributed by atoms with Crippen LogP contribution < -0.4 is 5.32 Å². The lowest BCUT2D eigenvalue weighted by Gasteiger charge is -2.11. The summed E-state index contributed by atoms with van der Waals surface area (Å²) < 4.78 is 0. The molecule has 6 nitrogen and oxygen atoms in total. The lowest BCUT2D eigenvalue weighted by Crippen LogP contribution is -1.99. The Morgan fingerprint density at radius 2 is 1.96 bits per heavy atom. The summed E-state index contributed by atoms with van der Waals surface area (Å²) in [5, 5.41) is 20.5. The standard InChI is InChI=1S/C21H16N6.ClH/c22-11-13-5-6-23-20(7-13)26-21-10-17(14-1-2-14)9-18(25-21)15-3-4-16-12-24-27-19(16)8-15;/h3-10,12,14H,1-2H2,(H,24,27)(H,23,25,26);1H. The second kappa shape index (κ2) is 7.29. The smallest absolute Gasteiger partial charge is 0.132 e. The van der Waals surface area contributed by atoms with Crippen LogP contribution in [0.3, 0.4) is 0 Å². The van der Waals surface area contributed by atoms with Gasteiger partial charge in [0, 0.05) is 17.1 Å². The number of benzene rings is 1. The van der Waals surface area contributed by atoms with Gasteiger partial charge in [0.25, 0.3) is 0 Å². The Bertz CT molecular complexity index is 1190. The minimum Gasteiger partial charge on any atom is -0.325 e. The van der Waals surface area contributed by atoms with Crippen molar-refractivity contribution < 1.29 is 0 Å². The van der Waals surface area contributed by atoms with E-state index in [9.17, 15) is 0 Å². The van der Waals surface area contributed by atoms with Crippen molar-refractivity contribution in [2.45, 2.75) is 18.8 Å². The minimum atomic E-state index is 0. The molecule has 7 heteroatoms. The average Bonchev–Trinajstić information content (AvgIpc) is 3.45. The van der Waals surface area contributed by atoms with Crippen LogP contribution in [0.4, 0.5) is 11.6 Å². The van der Waals surface area contributed by atoms with E-state index in [2.05, 4.69) is 50.8 Å². The van der Waals surface area contributed by atoms with Gasteiger partial charge in [-0.05, 0) is 54.7 Å². The number of rotatable bonds is 4. The molecule has 0 aliphatic heterocycles. The van der Waals surface area contributed by atoms with Gasteiger partial charge in [-0.2, -0.15) is 10.4 Å². The fourth-order valence-corrected chi connectivity index (χ4v) is 3.21. The summed E-state index contributed by atoms with van der Waals surface area (Å²) in [4.78, 5) is 9.08. The maximum absolute atomic E-state index is 9.09. The molecule has 1 fully saturated rings. The molecule has 1 aromatic carbocycles. The third-order valence-corrected chi connectivity index (χ3v) is 4.78. The maximum atomic E-state index is 9.09. The number of nitriles is 1. The second-order valence-electron chi connectivity index (χ2n) is 6.78. The molecule has 0 atom stereocenters. The normalized spacial score (nSPS) is 13.0. The van der Waals surface area contributed by atoms with Crippen molar-refractivity contribution in [1.29, 1.82) is 5.26 Å². The van der Waals surface area contributed by atoms with E-state index in [-0.39, 0.29) is 12.4 Å². The summed E-state index contributed by atoms with van der Waals surface area (Å²) in [7, 11) is 0. The van der Waals surface area contributed by atoms with E-state index in [4.69, 9.17) is 10.2 Å². The summed E-state index contributed by atoms with van der Waals surface area (Å²) in [5.74, 6) is 1.95. The first-order valence-corrected chi connectivity index (χ1v) is 8.87. The fraction of sp³-hybridized carbons (Fsp3) is 0.143. The van der Waals surface area contributed by atoms with Crippen LogP contribution in [-0.4, -0.2) is 20.2 Å². The Balaban J connectivity index is 0.00000192. The van der Waals surface area contributed by atoms with Gasteiger partial charge in [-0.3, -0.25) is 5.10 Å². The SMILES string of the molecule is Cl.N#Cc1ccnc(Nc2cc(C3CC3)cc(-c3ccc4cn[nH]c4c3)n2)c1. The van der Waals surface area contributed by atoms with Crippen LogP contribution in [0.15, 0.2) is 54.9 Å². The number of nitrogens with zero attached hydrogens (tertiary/aromatic N) is 4. The van der Waals surface area contributed by atoms with E-state index >= 15 is 0 Å². The van der Waals surface area contributed by atoms with Gasteiger partial charge in [-0.25, -0.2) is 9.97 Å². The number of H-pyrrole nitrogens is 1. The molecule has 138 valence electrons. The molecule has 1 saturated carbocycles. The molecule has 4 aromatic rings. The van der Waals surface area contributed by atoms with Crippen LogP contribution in [-0.2, 0) is 0 Å². The number of fused-ring (bicyclic) bond motifs is 1. The Hall–Kier alpha value is -3.43. The van der Waals surface area contributed by atoms with E-state index in [1.54, 1.807) is 18.3 Å². The van der Waals surface area contributed by atoms with Crippen molar-refractivity contribution >= 4 is 34.9 Å². The third kappa shape index (κ3) is 3.53. The molecule has 3 heterocycles.